The van der Waals surface area contributed by atoms with Crippen molar-refractivity contribution in [2.75, 3.05) is 13.7 Å². The lowest BCUT2D eigenvalue weighted by Gasteiger charge is -2.04. The van der Waals surface area contributed by atoms with Crippen molar-refractivity contribution >= 4 is 23.9 Å². The number of nitrogens with one attached hydrogen (secondary N) is 2. The summed E-state index contributed by atoms with van der Waals surface area (Å²) >= 11 is 0. The first-order valence-corrected chi connectivity index (χ1v) is 6.16. The minimum Gasteiger partial charge on any atom is -0.494 e. The van der Waals surface area contributed by atoms with Gasteiger partial charge < -0.3 is 9.47 Å². The van der Waals surface area contributed by atoms with E-state index in [9.17, 15) is 18.8 Å². The number of rotatable bonds is 5. The van der Waals surface area contributed by atoms with E-state index < -0.39 is 30.2 Å². The highest BCUT2D eigenvalue weighted by Crippen LogP contribution is 2.18. The molecule has 8 heteroatoms. The molecule has 2 amide bonds. The second kappa shape index (κ2) is 8.40. The fourth-order valence-corrected chi connectivity index (χ4v) is 1.33. The van der Waals surface area contributed by atoms with Gasteiger partial charge in [0.05, 0.1) is 7.11 Å². The van der Waals surface area contributed by atoms with Crippen LogP contribution in [0.15, 0.2) is 24.3 Å². The summed E-state index contributed by atoms with van der Waals surface area (Å²) < 4.78 is 22.8. The van der Waals surface area contributed by atoms with Gasteiger partial charge in [-0.25, -0.2) is 9.18 Å². The maximum atomic E-state index is 13.4. The zero-order valence-electron chi connectivity index (χ0n) is 12.0. The van der Waals surface area contributed by atoms with E-state index in [2.05, 4.69) is 4.74 Å². The Morgan fingerprint density at radius 2 is 2.00 bits per heavy atom. The summed E-state index contributed by atoms with van der Waals surface area (Å²) in [6.07, 6.45) is 2.38. The zero-order chi connectivity index (χ0) is 16.5. The summed E-state index contributed by atoms with van der Waals surface area (Å²) in [6.45, 7) is 0.656. The average molecular weight is 310 g/mol. The van der Waals surface area contributed by atoms with Crippen LogP contribution in [-0.2, 0) is 19.1 Å². The number of benzene rings is 1. The molecule has 0 aliphatic heterocycles. The van der Waals surface area contributed by atoms with Gasteiger partial charge in [-0.15, -0.1) is 0 Å². The smallest absolute Gasteiger partial charge is 0.331 e. The fraction of sp³-hybridized carbons (Fsp3) is 0.214. The van der Waals surface area contributed by atoms with Crippen molar-refractivity contribution in [2.24, 2.45) is 0 Å². The second-order valence-electron chi connectivity index (χ2n) is 4.06. The van der Waals surface area contributed by atoms with E-state index in [4.69, 9.17) is 4.74 Å². The van der Waals surface area contributed by atoms with Crippen LogP contribution in [0.1, 0.15) is 12.5 Å². The van der Waals surface area contributed by atoms with E-state index in [1.807, 2.05) is 10.9 Å². The minimum absolute atomic E-state index is 0.0920. The molecule has 1 aromatic rings. The Kier molecular flexibility index (Phi) is 6.55. The first-order chi connectivity index (χ1) is 10.4. The first-order valence-electron chi connectivity index (χ1n) is 6.16. The fourth-order valence-electron chi connectivity index (χ4n) is 1.33. The summed E-state index contributed by atoms with van der Waals surface area (Å²) in [5.74, 6) is -2.40. The molecule has 0 atom stereocenters. The van der Waals surface area contributed by atoms with Gasteiger partial charge in [0.1, 0.15) is 0 Å². The van der Waals surface area contributed by atoms with E-state index >= 15 is 0 Å². The number of hydrogen-bond donors (Lipinski definition) is 2. The molecule has 0 fully saturated rings. The standard InChI is InChI=1S/C14H15FN2O5/c1-9(18)16-17-13(19)8-22-14(20)6-4-10-3-5-12(21-2)11(15)7-10/h3-7H,8H2,1-2H3,(H,16,18)(H,17,19)/b6-4+. The number of amides is 2. The van der Waals surface area contributed by atoms with Crippen LogP contribution in [-0.4, -0.2) is 31.5 Å². The SMILES string of the molecule is COc1ccc(/C=C/C(=O)OCC(=O)NNC(C)=O)cc1F. The predicted octanol–water partition coefficient (Wildman–Crippen LogP) is 0.558. The van der Waals surface area contributed by atoms with Crippen LogP contribution >= 0.6 is 0 Å². The molecular weight excluding hydrogens is 295 g/mol. The molecule has 2 N–H and O–H groups in total. The summed E-state index contributed by atoms with van der Waals surface area (Å²) in [4.78, 5) is 33.1. The highest BCUT2D eigenvalue weighted by atomic mass is 19.1. The van der Waals surface area contributed by atoms with Gasteiger partial charge in [0.2, 0.25) is 5.91 Å². The summed E-state index contributed by atoms with van der Waals surface area (Å²) in [7, 11) is 1.34. The number of hydrazine groups is 1. The van der Waals surface area contributed by atoms with Gasteiger partial charge in [0.25, 0.3) is 5.91 Å². The van der Waals surface area contributed by atoms with Crippen LogP contribution in [0.4, 0.5) is 4.39 Å². The molecule has 0 bridgehead atoms. The average Bonchev–Trinajstić information content (AvgIpc) is 2.48. The molecule has 22 heavy (non-hydrogen) atoms. The van der Waals surface area contributed by atoms with Crippen molar-refractivity contribution in [3.63, 3.8) is 0 Å². The molecule has 0 unspecified atom stereocenters. The quantitative estimate of drug-likeness (QED) is 0.471. The van der Waals surface area contributed by atoms with Gasteiger partial charge in [-0.3, -0.25) is 20.4 Å². The molecule has 0 saturated heterocycles. The number of carbonyl (C=O) groups excluding carboxylic acids is 3. The van der Waals surface area contributed by atoms with E-state index in [1.165, 1.54) is 32.2 Å². The lowest BCUT2D eigenvalue weighted by molar-refractivity contribution is -0.144. The molecule has 0 saturated carbocycles. The van der Waals surface area contributed by atoms with Crippen LogP contribution in [0.5, 0.6) is 5.75 Å². The maximum Gasteiger partial charge on any atom is 0.331 e. The summed E-state index contributed by atoms with van der Waals surface area (Å²) in [5.41, 5.74) is 4.50. The van der Waals surface area contributed by atoms with Crippen molar-refractivity contribution < 1.29 is 28.2 Å². The molecule has 0 aromatic heterocycles. The van der Waals surface area contributed by atoms with Gasteiger partial charge in [-0.1, -0.05) is 6.07 Å². The van der Waals surface area contributed by atoms with Crippen molar-refractivity contribution in [3.8, 4) is 5.75 Å². The van der Waals surface area contributed by atoms with Gasteiger partial charge in [-0.05, 0) is 23.8 Å². The van der Waals surface area contributed by atoms with E-state index in [0.717, 1.165) is 6.08 Å². The summed E-state index contributed by atoms with van der Waals surface area (Å²) in [6, 6.07) is 4.16. The van der Waals surface area contributed by atoms with E-state index in [-0.39, 0.29) is 5.75 Å². The van der Waals surface area contributed by atoms with Crippen LogP contribution in [0.2, 0.25) is 0 Å². The lowest BCUT2D eigenvalue weighted by atomic mass is 10.2. The number of hydrogen-bond acceptors (Lipinski definition) is 5. The third kappa shape index (κ3) is 6.04. The third-order valence-corrected chi connectivity index (χ3v) is 2.31. The van der Waals surface area contributed by atoms with Crippen LogP contribution in [0, 0.1) is 5.82 Å². The van der Waals surface area contributed by atoms with Crippen LogP contribution < -0.4 is 15.6 Å². The molecule has 1 aromatic carbocycles. The topological polar surface area (TPSA) is 93.7 Å². The van der Waals surface area contributed by atoms with Gasteiger partial charge in [0.15, 0.2) is 18.2 Å². The van der Waals surface area contributed by atoms with Crippen molar-refractivity contribution in [3.05, 3.63) is 35.7 Å². The molecule has 7 nitrogen and oxygen atoms in total. The Balaban J connectivity index is 2.46. The molecule has 0 aliphatic carbocycles. The zero-order valence-corrected chi connectivity index (χ0v) is 12.0. The van der Waals surface area contributed by atoms with E-state index in [1.54, 1.807) is 6.07 Å². The van der Waals surface area contributed by atoms with Crippen molar-refractivity contribution in [2.45, 2.75) is 6.92 Å². The molecular formula is C14H15FN2O5. The monoisotopic (exact) mass is 310 g/mol. The second-order valence-corrected chi connectivity index (χ2v) is 4.06. The third-order valence-electron chi connectivity index (χ3n) is 2.31. The van der Waals surface area contributed by atoms with E-state index in [0.29, 0.717) is 5.56 Å². The molecule has 0 spiro atoms. The van der Waals surface area contributed by atoms with Crippen LogP contribution in [0.25, 0.3) is 6.08 Å². The number of carbonyl (C=O) groups is 3. The Morgan fingerprint density at radius 3 is 2.59 bits per heavy atom. The largest absolute Gasteiger partial charge is 0.494 e. The summed E-state index contributed by atoms with van der Waals surface area (Å²) in [5, 5.41) is 0. The number of esters is 1. The van der Waals surface area contributed by atoms with Crippen molar-refractivity contribution in [1.29, 1.82) is 0 Å². The highest BCUT2D eigenvalue weighted by Gasteiger charge is 2.05. The Morgan fingerprint density at radius 1 is 1.27 bits per heavy atom. The van der Waals surface area contributed by atoms with Crippen LogP contribution in [0.3, 0.4) is 0 Å². The number of halogens is 1. The van der Waals surface area contributed by atoms with Crippen molar-refractivity contribution in [1.82, 2.24) is 10.9 Å². The molecule has 0 radical (unpaired) electrons. The van der Waals surface area contributed by atoms with Gasteiger partial charge in [-0.2, -0.15) is 0 Å². The normalized spacial score (nSPS) is 10.1. The molecule has 0 heterocycles. The minimum atomic E-state index is -0.783. The van der Waals surface area contributed by atoms with Gasteiger partial charge in [0, 0.05) is 13.0 Å². The van der Waals surface area contributed by atoms with Gasteiger partial charge >= 0.3 is 5.97 Å². The molecule has 118 valence electrons. The number of methoxy groups -OCH3 is 1. The Bertz CT molecular complexity index is 601. The highest BCUT2D eigenvalue weighted by molar-refractivity contribution is 5.89. The Hall–Kier alpha value is -2.90. The Labute approximate surface area is 126 Å². The predicted molar refractivity (Wildman–Crippen MR) is 74.9 cm³/mol. The maximum absolute atomic E-state index is 13.4. The molecule has 1 rings (SSSR count). The first kappa shape index (κ1) is 17.2. The molecule has 0 aliphatic rings. The lowest BCUT2D eigenvalue weighted by Crippen LogP contribution is -2.42. The number of ether oxygens (including phenoxy) is 2.